The molecule has 2 aromatic rings. The third-order valence-corrected chi connectivity index (χ3v) is 7.55. The standard InChI is InChI=1S/C24H30ClN3O3S/c1-17(18-3-7-21(25)8-4-18)28-16-13-23(24(28)29)27-14-11-20(12-15-27)19-5-9-22(10-6-19)26-32(2,30)31/h3-10,17,20,23,26H,11-16H2,1-2H3. The van der Waals surface area contributed by atoms with E-state index >= 15 is 0 Å². The number of rotatable bonds is 6. The van der Waals surface area contributed by atoms with Gasteiger partial charge >= 0.3 is 0 Å². The van der Waals surface area contributed by atoms with E-state index in [1.807, 2.05) is 53.4 Å². The fourth-order valence-electron chi connectivity index (χ4n) is 4.91. The van der Waals surface area contributed by atoms with Gasteiger partial charge in [-0.1, -0.05) is 35.9 Å². The highest BCUT2D eigenvalue weighted by Crippen LogP contribution is 2.33. The number of nitrogens with one attached hydrogen (secondary N) is 1. The second kappa shape index (κ2) is 9.41. The highest BCUT2D eigenvalue weighted by atomic mass is 35.5. The van der Waals surface area contributed by atoms with Gasteiger partial charge < -0.3 is 4.90 Å². The second-order valence-corrected chi connectivity index (χ2v) is 11.1. The van der Waals surface area contributed by atoms with Gasteiger partial charge in [-0.25, -0.2) is 8.42 Å². The monoisotopic (exact) mass is 475 g/mol. The number of piperidine rings is 1. The largest absolute Gasteiger partial charge is 0.335 e. The highest BCUT2D eigenvalue weighted by molar-refractivity contribution is 7.92. The van der Waals surface area contributed by atoms with E-state index in [-0.39, 0.29) is 18.0 Å². The molecule has 0 bridgehead atoms. The average Bonchev–Trinajstić information content (AvgIpc) is 3.14. The number of carbonyl (C=O) groups is 1. The van der Waals surface area contributed by atoms with Crippen LogP contribution in [0.25, 0.3) is 0 Å². The van der Waals surface area contributed by atoms with Crippen molar-refractivity contribution in [3.8, 4) is 0 Å². The first-order valence-electron chi connectivity index (χ1n) is 11.1. The number of nitrogens with zero attached hydrogens (tertiary/aromatic N) is 2. The van der Waals surface area contributed by atoms with Gasteiger partial charge in [0.05, 0.1) is 18.3 Å². The SMILES string of the molecule is CC(c1ccc(Cl)cc1)N1CCC(N2CCC(c3ccc(NS(C)(=O)=O)cc3)CC2)C1=O. The molecule has 32 heavy (non-hydrogen) atoms. The molecular formula is C24H30ClN3O3S. The molecule has 4 rings (SSSR count). The van der Waals surface area contributed by atoms with Crippen LogP contribution in [-0.4, -0.2) is 56.1 Å². The zero-order valence-electron chi connectivity index (χ0n) is 18.5. The molecule has 0 aromatic heterocycles. The Bertz CT molecular complexity index is 1050. The van der Waals surface area contributed by atoms with Gasteiger partial charge in [-0.15, -0.1) is 0 Å². The molecule has 2 fully saturated rings. The van der Waals surface area contributed by atoms with Crippen molar-refractivity contribution in [3.05, 3.63) is 64.7 Å². The number of halogens is 1. The second-order valence-electron chi connectivity index (χ2n) is 8.87. The maximum Gasteiger partial charge on any atom is 0.240 e. The smallest absolute Gasteiger partial charge is 0.240 e. The van der Waals surface area contributed by atoms with Crippen LogP contribution in [0.3, 0.4) is 0 Å². The van der Waals surface area contributed by atoms with Crippen molar-refractivity contribution < 1.29 is 13.2 Å². The molecule has 0 radical (unpaired) electrons. The minimum atomic E-state index is -3.27. The number of hydrogen-bond acceptors (Lipinski definition) is 4. The topological polar surface area (TPSA) is 69.7 Å². The van der Waals surface area contributed by atoms with E-state index in [9.17, 15) is 13.2 Å². The summed E-state index contributed by atoms with van der Waals surface area (Å²) in [6.07, 6.45) is 4.01. The Morgan fingerprint density at radius 2 is 1.59 bits per heavy atom. The van der Waals surface area contributed by atoms with Crippen molar-refractivity contribution in [1.29, 1.82) is 0 Å². The van der Waals surface area contributed by atoms with Crippen molar-refractivity contribution in [2.75, 3.05) is 30.6 Å². The van der Waals surface area contributed by atoms with E-state index in [4.69, 9.17) is 11.6 Å². The van der Waals surface area contributed by atoms with Crippen LogP contribution >= 0.6 is 11.6 Å². The van der Waals surface area contributed by atoms with Crippen molar-refractivity contribution in [1.82, 2.24) is 9.80 Å². The Kier molecular flexibility index (Phi) is 6.79. The van der Waals surface area contributed by atoms with Crippen LogP contribution in [0.1, 0.15) is 49.3 Å². The van der Waals surface area contributed by atoms with Crippen molar-refractivity contribution in [3.63, 3.8) is 0 Å². The molecule has 2 aliphatic rings. The first-order chi connectivity index (χ1) is 15.2. The maximum absolute atomic E-state index is 13.2. The molecule has 2 saturated heterocycles. The van der Waals surface area contributed by atoms with Crippen molar-refractivity contribution >= 4 is 33.2 Å². The van der Waals surface area contributed by atoms with Crippen LogP contribution in [0.15, 0.2) is 48.5 Å². The molecule has 8 heteroatoms. The molecule has 2 unspecified atom stereocenters. The molecule has 1 amide bonds. The number of hydrogen-bond donors (Lipinski definition) is 1. The maximum atomic E-state index is 13.2. The Morgan fingerprint density at radius 1 is 0.969 bits per heavy atom. The van der Waals surface area contributed by atoms with E-state index in [1.165, 1.54) is 5.56 Å². The Morgan fingerprint density at radius 3 is 2.19 bits per heavy atom. The van der Waals surface area contributed by atoms with Gasteiger partial charge in [0.1, 0.15) is 0 Å². The molecule has 2 aliphatic heterocycles. The Labute approximate surface area is 195 Å². The zero-order valence-corrected chi connectivity index (χ0v) is 20.1. The highest BCUT2D eigenvalue weighted by Gasteiger charge is 2.39. The van der Waals surface area contributed by atoms with Crippen LogP contribution < -0.4 is 4.72 Å². The number of anilines is 1. The first-order valence-corrected chi connectivity index (χ1v) is 13.4. The van der Waals surface area contributed by atoms with Gasteiger partial charge in [-0.2, -0.15) is 0 Å². The van der Waals surface area contributed by atoms with Gasteiger partial charge in [-0.3, -0.25) is 14.4 Å². The van der Waals surface area contributed by atoms with E-state index in [0.29, 0.717) is 16.6 Å². The molecule has 0 saturated carbocycles. The van der Waals surface area contributed by atoms with Gasteiger partial charge in [0, 0.05) is 17.3 Å². The molecule has 1 N–H and O–H groups in total. The molecule has 2 heterocycles. The Balaban J connectivity index is 1.33. The molecule has 0 aliphatic carbocycles. The molecule has 0 spiro atoms. The lowest BCUT2D eigenvalue weighted by molar-refractivity contribution is -0.134. The minimum absolute atomic E-state index is 0.0352. The van der Waals surface area contributed by atoms with E-state index in [0.717, 1.165) is 50.7 Å². The van der Waals surface area contributed by atoms with Crippen LogP contribution in [0.5, 0.6) is 0 Å². The fourth-order valence-corrected chi connectivity index (χ4v) is 5.60. The lowest BCUT2D eigenvalue weighted by Gasteiger charge is -2.35. The summed E-state index contributed by atoms with van der Waals surface area (Å²) >= 11 is 6.00. The van der Waals surface area contributed by atoms with Crippen LogP contribution in [0.2, 0.25) is 5.02 Å². The normalized spacial score (nSPS) is 21.7. The number of sulfonamides is 1. The lowest BCUT2D eigenvalue weighted by Crippen LogP contribution is -2.45. The lowest BCUT2D eigenvalue weighted by atomic mass is 9.88. The number of benzene rings is 2. The van der Waals surface area contributed by atoms with Gasteiger partial charge in [-0.05, 0) is 80.6 Å². The molecular weight excluding hydrogens is 446 g/mol. The summed E-state index contributed by atoms with van der Waals surface area (Å²) in [6.45, 7) is 4.65. The molecule has 172 valence electrons. The minimum Gasteiger partial charge on any atom is -0.335 e. The molecule has 6 nitrogen and oxygen atoms in total. The van der Waals surface area contributed by atoms with Crippen LogP contribution in [0.4, 0.5) is 5.69 Å². The summed E-state index contributed by atoms with van der Waals surface area (Å²) in [5, 5.41) is 0.704. The molecule has 2 atom stereocenters. The summed E-state index contributed by atoms with van der Waals surface area (Å²) < 4.78 is 25.3. The summed E-state index contributed by atoms with van der Waals surface area (Å²) in [7, 11) is -3.27. The summed E-state index contributed by atoms with van der Waals surface area (Å²) in [5.74, 6) is 0.654. The number of amides is 1. The van der Waals surface area contributed by atoms with E-state index < -0.39 is 10.0 Å². The first kappa shape index (κ1) is 23.1. The van der Waals surface area contributed by atoms with Gasteiger partial charge in [0.15, 0.2) is 0 Å². The van der Waals surface area contributed by atoms with Gasteiger partial charge in [0.2, 0.25) is 15.9 Å². The number of carbonyl (C=O) groups excluding carboxylic acids is 1. The van der Waals surface area contributed by atoms with E-state index in [2.05, 4.69) is 16.5 Å². The Hall–Kier alpha value is -2.09. The summed E-state index contributed by atoms with van der Waals surface area (Å²) in [5.41, 5.74) is 2.91. The third-order valence-electron chi connectivity index (χ3n) is 6.69. The van der Waals surface area contributed by atoms with Gasteiger partial charge in [0.25, 0.3) is 0 Å². The third kappa shape index (κ3) is 5.27. The van der Waals surface area contributed by atoms with Crippen LogP contribution in [-0.2, 0) is 14.8 Å². The predicted molar refractivity (Wildman–Crippen MR) is 128 cm³/mol. The molecule has 2 aromatic carbocycles. The average molecular weight is 476 g/mol. The van der Waals surface area contributed by atoms with Crippen LogP contribution in [0, 0.1) is 0 Å². The van der Waals surface area contributed by atoms with Crippen molar-refractivity contribution in [2.45, 2.75) is 44.2 Å². The fraction of sp³-hybridized carbons (Fsp3) is 0.458. The quantitative estimate of drug-likeness (QED) is 0.678. The predicted octanol–water partition coefficient (Wildman–Crippen LogP) is 4.25. The van der Waals surface area contributed by atoms with E-state index in [1.54, 1.807) is 0 Å². The number of likely N-dealkylation sites (tertiary alicyclic amines) is 2. The summed E-state index contributed by atoms with van der Waals surface area (Å²) in [6, 6.07) is 15.4. The zero-order chi connectivity index (χ0) is 22.9. The van der Waals surface area contributed by atoms with Crippen molar-refractivity contribution in [2.24, 2.45) is 0 Å². The summed E-state index contributed by atoms with van der Waals surface area (Å²) in [4.78, 5) is 17.5.